The summed E-state index contributed by atoms with van der Waals surface area (Å²) in [6, 6.07) is 3.93. The van der Waals surface area contributed by atoms with Crippen LogP contribution in [-0.2, 0) is 17.3 Å². The average molecular weight is 262 g/mol. The van der Waals surface area contributed by atoms with Crippen molar-refractivity contribution < 1.29 is 5.11 Å². The second-order valence-electron chi connectivity index (χ2n) is 7.24. The molecule has 1 rings (SSSR count). The Kier molecular flexibility index (Phi) is 3.99. The molecule has 0 aromatic heterocycles. The Hall–Kier alpha value is -1.51. The van der Waals surface area contributed by atoms with Crippen LogP contribution in [-0.4, -0.2) is 10.9 Å². The first kappa shape index (κ1) is 15.5. The largest absolute Gasteiger partial charge is 0.507 e. The fourth-order valence-electron chi connectivity index (χ4n) is 2.16. The molecule has 0 heterocycles. The standard InChI is InChI=1S/C16H26N2O/c1-15(2,3)11-7-10(9-13(17)18)8-12(14(11)19)16(4,5)6/h7-8,19H,9H2,1-6H3,(H3,17,18). The number of amidine groups is 1. The molecule has 0 saturated heterocycles. The molecule has 0 radical (unpaired) electrons. The lowest BCUT2D eigenvalue weighted by Crippen LogP contribution is -2.19. The van der Waals surface area contributed by atoms with E-state index in [0.29, 0.717) is 12.2 Å². The maximum absolute atomic E-state index is 10.5. The van der Waals surface area contributed by atoms with E-state index in [1.54, 1.807) is 0 Å². The zero-order chi connectivity index (χ0) is 15.0. The SMILES string of the molecule is CC(C)(C)c1cc(CC(=N)N)cc(C(C)(C)C)c1O. The lowest BCUT2D eigenvalue weighted by atomic mass is 9.78. The van der Waals surface area contributed by atoms with Crippen LogP contribution < -0.4 is 5.73 Å². The molecular weight excluding hydrogens is 236 g/mol. The van der Waals surface area contributed by atoms with Gasteiger partial charge in [-0.1, -0.05) is 53.7 Å². The Bertz CT molecular complexity index is 455. The first-order valence-corrected chi connectivity index (χ1v) is 6.62. The molecule has 3 nitrogen and oxygen atoms in total. The second kappa shape index (κ2) is 4.87. The van der Waals surface area contributed by atoms with Crippen LogP contribution in [0.1, 0.15) is 58.2 Å². The van der Waals surface area contributed by atoms with Gasteiger partial charge in [-0.2, -0.15) is 0 Å². The van der Waals surface area contributed by atoms with E-state index >= 15 is 0 Å². The maximum Gasteiger partial charge on any atom is 0.123 e. The molecule has 0 atom stereocenters. The highest BCUT2D eigenvalue weighted by Gasteiger charge is 2.26. The molecule has 19 heavy (non-hydrogen) atoms. The van der Waals surface area contributed by atoms with Crippen molar-refractivity contribution in [3.8, 4) is 5.75 Å². The molecule has 0 fully saturated rings. The van der Waals surface area contributed by atoms with Gasteiger partial charge in [-0.25, -0.2) is 0 Å². The molecule has 3 heteroatoms. The Morgan fingerprint density at radius 3 is 1.68 bits per heavy atom. The van der Waals surface area contributed by atoms with Crippen molar-refractivity contribution in [3.63, 3.8) is 0 Å². The van der Waals surface area contributed by atoms with Crippen LogP contribution in [0.25, 0.3) is 0 Å². The third-order valence-electron chi connectivity index (χ3n) is 3.18. The van der Waals surface area contributed by atoms with Crippen LogP contribution >= 0.6 is 0 Å². The van der Waals surface area contributed by atoms with Gasteiger partial charge in [-0.3, -0.25) is 5.41 Å². The lowest BCUT2D eigenvalue weighted by molar-refractivity contribution is 0.423. The van der Waals surface area contributed by atoms with E-state index in [9.17, 15) is 5.11 Å². The molecule has 0 aliphatic heterocycles. The predicted octanol–water partition coefficient (Wildman–Crippen LogP) is 3.47. The maximum atomic E-state index is 10.5. The van der Waals surface area contributed by atoms with Crippen molar-refractivity contribution in [3.05, 3.63) is 28.8 Å². The van der Waals surface area contributed by atoms with Crippen LogP contribution in [0.5, 0.6) is 5.75 Å². The number of phenols is 1. The summed E-state index contributed by atoms with van der Waals surface area (Å²) in [7, 11) is 0. The zero-order valence-corrected chi connectivity index (χ0v) is 12.9. The molecule has 1 aromatic carbocycles. The van der Waals surface area contributed by atoms with E-state index in [1.165, 1.54) is 0 Å². The fourth-order valence-corrected chi connectivity index (χ4v) is 2.16. The van der Waals surface area contributed by atoms with Gasteiger partial charge in [0.15, 0.2) is 0 Å². The van der Waals surface area contributed by atoms with Gasteiger partial charge in [0.25, 0.3) is 0 Å². The number of phenolic OH excluding ortho intramolecular Hbond substituents is 1. The number of hydrogen-bond donors (Lipinski definition) is 3. The normalized spacial score (nSPS) is 12.5. The van der Waals surface area contributed by atoms with Gasteiger partial charge in [-0.15, -0.1) is 0 Å². The fraction of sp³-hybridized carbons (Fsp3) is 0.562. The van der Waals surface area contributed by atoms with Crippen LogP contribution in [0.2, 0.25) is 0 Å². The highest BCUT2D eigenvalue weighted by atomic mass is 16.3. The molecule has 0 aliphatic rings. The van der Waals surface area contributed by atoms with E-state index in [1.807, 2.05) is 12.1 Å². The van der Waals surface area contributed by atoms with Gasteiger partial charge in [0.1, 0.15) is 5.75 Å². The summed E-state index contributed by atoms with van der Waals surface area (Å²) < 4.78 is 0. The number of rotatable bonds is 2. The van der Waals surface area contributed by atoms with Crippen molar-refractivity contribution in [1.29, 1.82) is 5.41 Å². The van der Waals surface area contributed by atoms with E-state index in [2.05, 4.69) is 41.5 Å². The van der Waals surface area contributed by atoms with Crippen molar-refractivity contribution >= 4 is 5.84 Å². The Labute approximate surface area is 116 Å². The number of nitrogens with two attached hydrogens (primary N) is 1. The first-order chi connectivity index (χ1) is 8.43. The molecule has 0 bridgehead atoms. The summed E-state index contributed by atoms with van der Waals surface area (Å²) in [5.41, 5.74) is 8.03. The topological polar surface area (TPSA) is 70.1 Å². The molecular formula is C16H26N2O. The van der Waals surface area contributed by atoms with Gasteiger partial charge in [-0.05, 0) is 27.5 Å². The zero-order valence-electron chi connectivity index (χ0n) is 12.9. The van der Waals surface area contributed by atoms with Gasteiger partial charge < -0.3 is 10.8 Å². The van der Waals surface area contributed by atoms with Crippen LogP contribution in [0.15, 0.2) is 12.1 Å². The minimum absolute atomic E-state index is 0.142. The van der Waals surface area contributed by atoms with E-state index in [0.717, 1.165) is 16.7 Å². The van der Waals surface area contributed by atoms with Gasteiger partial charge >= 0.3 is 0 Å². The first-order valence-electron chi connectivity index (χ1n) is 6.62. The Morgan fingerprint density at radius 2 is 1.42 bits per heavy atom. The molecule has 0 unspecified atom stereocenters. The average Bonchev–Trinajstić information content (AvgIpc) is 2.16. The lowest BCUT2D eigenvalue weighted by Gasteiger charge is -2.28. The molecule has 0 spiro atoms. The van der Waals surface area contributed by atoms with Gasteiger partial charge in [0.2, 0.25) is 0 Å². The smallest absolute Gasteiger partial charge is 0.123 e. The molecule has 1 aromatic rings. The minimum Gasteiger partial charge on any atom is -0.507 e. The minimum atomic E-state index is -0.142. The second-order valence-corrected chi connectivity index (χ2v) is 7.24. The van der Waals surface area contributed by atoms with Crippen molar-refractivity contribution in [2.45, 2.75) is 58.8 Å². The van der Waals surface area contributed by atoms with E-state index < -0.39 is 0 Å². The monoisotopic (exact) mass is 262 g/mol. The highest BCUT2D eigenvalue weighted by molar-refractivity contribution is 5.79. The molecule has 4 N–H and O–H groups in total. The quantitative estimate of drug-likeness (QED) is 0.564. The summed E-state index contributed by atoms with van der Waals surface area (Å²) in [6.45, 7) is 12.5. The van der Waals surface area contributed by atoms with Gasteiger partial charge in [0.05, 0.1) is 5.84 Å². The molecule has 0 aliphatic carbocycles. The number of nitrogens with one attached hydrogen (secondary N) is 1. The van der Waals surface area contributed by atoms with E-state index in [-0.39, 0.29) is 16.7 Å². The number of benzene rings is 1. The van der Waals surface area contributed by atoms with Crippen molar-refractivity contribution in [2.24, 2.45) is 5.73 Å². The number of hydrogen-bond acceptors (Lipinski definition) is 2. The van der Waals surface area contributed by atoms with Crippen molar-refractivity contribution in [2.75, 3.05) is 0 Å². The molecule has 106 valence electrons. The summed E-state index contributed by atoms with van der Waals surface area (Å²) in [6.07, 6.45) is 0.423. The van der Waals surface area contributed by atoms with Crippen LogP contribution in [0.4, 0.5) is 0 Å². The third kappa shape index (κ3) is 3.72. The summed E-state index contributed by atoms with van der Waals surface area (Å²) in [5, 5.41) is 18.0. The molecule has 0 amide bonds. The third-order valence-corrected chi connectivity index (χ3v) is 3.18. The van der Waals surface area contributed by atoms with Gasteiger partial charge in [0, 0.05) is 6.42 Å². The Morgan fingerprint density at radius 1 is 1.05 bits per heavy atom. The summed E-state index contributed by atoms with van der Waals surface area (Å²) in [4.78, 5) is 0. The predicted molar refractivity (Wildman–Crippen MR) is 81.1 cm³/mol. The van der Waals surface area contributed by atoms with E-state index in [4.69, 9.17) is 11.1 Å². The summed E-state index contributed by atoms with van der Waals surface area (Å²) >= 11 is 0. The number of aromatic hydroxyl groups is 1. The van der Waals surface area contributed by atoms with Crippen LogP contribution in [0, 0.1) is 5.41 Å². The van der Waals surface area contributed by atoms with Crippen molar-refractivity contribution in [1.82, 2.24) is 0 Å². The van der Waals surface area contributed by atoms with Crippen LogP contribution in [0.3, 0.4) is 0 Å². The highest BCUT2D eigenvalue weighted by Crippen LogP contribution is 2.39. The molecule has 0 saturated carbocycles. The Balaban J connectivity index is 3.52. The summed E-state index contributed by atoms with van der Waals surface area (Å²) in [5.74, 6) is 0.512.